The van der Waals surface area contributed by atoms with Crippen LogP contribution in [0.25, 0.3) is 0 Å². The number of rotatable bonds is 5. The van der Waals surface area contributed by atoms with Crippen LogP contribution in [0, 0.1) is 6.92 Å². The van der Waals surface area contributed by atoms with Crippen molar-refractivity contribution in [3.8, 4) is 0 Å². The van der Waals surface area contributed by atoms with Crippen molar-refractivity contribution in [3.05, 3.63) is 35.4 Å². The predicted molar refractivity (Wildman–Crippen MR) is 63.3 cm³/mol. The Hall–Kier alpha value is -1.15. The summed E-state index contributed by atoms with van der Waals surface area (Å²) in [4.78, 5) is 12.1. The maximum absolute atomic E-state index is 12.1. The third-order valence-electron chi connectivity index (χ3n) is 2.59. The summed E-state index contributed by atoms with van der Waals surface area (Å²) in [5, 5.41) is 3.21. The van der Waals surface area contributed by atoms with Crippen LogP contribution in [0.1, 0.15) is 36.2 Å². The number of hydrogen-bond acceptors (Lipinski definition) is 2. The zero-order chi connectivity index (χ0) is 11.3. The van der Waals surface area contributed by atoms with Gasteiger partial charge in [-0.25, -0.2) is 0 Å². The number of carbonyl (C=O) groups is 1. The Bertz CT molecular complexity index is 333. The Balaban J connectivity index is 2.88. The van der Waals surface area contributed by atoms with Crippen LogP contribution in [0.15, 0.2) is 24.3 Å². The van der Waals surface area contributed by atoms with E-state index in [1.54, 1.807) is 0 Å². The first-order valence-corrected chi connectivity index (χ1v) is 5.53. The minimum atomic E-state index is -0.0453. The molecule has 0 aliphatic carbocycles. The quantitative estimate of drug-likeness (QED) is 0.748. The maximum atomic E-state index is 12.1. The number of nitrogens with one attached hydrogen (secondary N) is 1. The third kappa shape index (κ3) is 2.90. The summed E-state index contributed by atoms with van der Waals surface area (Å²) in [6.45, 7) is 6.86. The third-order valence-corrected chi connectivity index (χ3v) is 2.59. The minimum absolute atomic E-state index is 0.0453. The highest BCUT2D eigenvalue weighted by Crippen LogP contribution is 2.11. The molecule has 15 heavy (non-hydrogen) atoms. The van der Waals surface area contributed by atoms with E-state index in [-0.39, 0.29) is 11.8 Å². The molecule has 2 heteroatoms. The van der Waals surface area contributed by atoms with Gasteiger partial charge in [0, 0.05) is 5.56 Å². The van der Waals surface area contributed by atoms with E-state index in [0.717, 1.165) is 24.1 Å². The molecule has 0 saturated heterocycles. The average molecular weight is 205 g/mol. The first kappa shape index (κ1) is 11.9. The molecule has 0 aromatic heterocycles. The minimum Gasteiger partial charge on any atom is -0.307 e. The summed E-state index contributed by atoms with van der Waals surface area (Å²) in [6.07, 6.45) is 0.834. The van der Waals surface area contributed by atoms with E-state index in [0.29, 0.717) is 0 Å². The molecule has 0 spiro atoms. The highest BCUT2D eigenvalue weighted by molar-refractivity contribution is 6.01. The monoisotopic (exact) mass is 205 g/mol. The lowest BCUT2D eigenvalue weighted by Gasteiger charge is -2.15. The van der Waals surface area contributed by atoms with E-state index in [1.165, 1.54) is 0 Å². The van der Waals surface area contributed by atoms with Gasteiger partial charge in [0.05, 0.1) is 6.04 Å². The molecule has 1 unspecified atom stereocenters. The molecule has 0 radical (unpaired) electrons. The molecule has 0 fully saturated rings. The molecule has 1 rings (SSSR count). The van der Waals surface area contributed by atoms with E-state index in [9.17, 15) is 4.79 Å². The lowest BCUT2D eigenvalue weighted by molar-refractivity contribution is 0.0941. The first-order valence-electron chi connectivity index (χ1n) is 5.53. The lowest BCUT2D eigenvalue weighted by atomic mass is 9.98. The zero-order valence-corrected chi connectivity index (χ0v) is 9.71. The van der Waals surface area contributed by atoms with Crippen molar-refractivity contribution >= 4 is 5.78 Å². The molecule has 1 atom stereocenters. The molecule has 0 aliphatic heterocycles. The van der Waals surface area contributed by atoms with Crippen molar-refractivity contribution in [1.29, 1.82) is 0 Å². The Labute approximate surface area is 91.7 Å². The molecule has 0 saturated carbocycles. The molecule has 0 heterocycles. The molecular formula is C13H19NO. The smallest absolute Gasteiger partial charge is 0.179 e. The van der Waals surface area contributed by atoms with Crippen molar-refractivity contribution in [2.75, 3.05) is 6.54 Å². The number of aryl methyl sites for hydroxylation is 1. The van der Waals surface area contributed by atoms with Crippen LogP contribution in [0.4, 0.5) is 0 Å². The van der Waals surface area contributed by atoms with Crippen molar-refractivity contribution < 1.29 is 4.79 Å². The number of carbonyl (C=O) groups excluding carboxylic acids is 1. The highest BCUT2D eigenvalue weighted by atomic mass is 16.1. The van der Waals surface area contributed by atoms with E-state index in [2.05, 4.69) is 5.32 Å². The van der Waals surface area contributed by atoms with E-state index < -0.39 is 0 Å². The highest BCUT2D eigenvalue weighted by Gasteiger charge is 2.17. The normalized spacial score (nSPS) is 12.5. The van der Waals surface area contributed by atoms with Crippen LogP contribution in [-0.2, 0) is 0 Å². The van der Waals surface area contributed by atoms with Gasteiger partial charge in [-0.1, -0.05) is 38.1 Å². The van der Waals surface area contributed by atoms with Crippen molar-refractivity contribution in [1.82, 2.24) is 5.32 Å². The van der Waals surface area contributed by atoms with E-state index in [4.69, 9.17) is 0 Å². The van der Waals surface area contributed by atoms with Gasteiger partial charge < -0.3 is 5.32 Å². The molecule has 0 amide bonds. The van der Waals surface area contributed by atoms with E-state index in [1.807, 2.05) is 45.0 Å². The van der Waals surface area contributed by atoms with Gasteiger partial charge in [0.1, 0.15) is 0 Å². The summed E-state index contributed by atoms with van der Waals surface area (Å²) >= 11 is 0. The molecule has 1 N–H and O–H groups in total. The molecule has 1 aromatic carbocycles. The molecule has 2 nitrogen and oxygen atoms in total. The molecule has 82 valence electrons. The summed E-state index contributed by atoms with van der Waals surface area (Å²) in [7, 11) is 0. The second-order valence-electron chi connectivity index (χ2n) is 3.70. The zero-order valence-electron chi connectivity index (χ0n) is 9.71. The van der Waals surface area contributed by atoms with Crippen LogP contribution in [0.2, 0.25) is 0 Å². The fraction of sp³-hybridized carbons (Fsp3) is 0.462. The average Bonchev–Trinajstić information content (AvgIpc) is 2.25. The van der Waals surface area contributed by atoms with Gasteiger partial charge in [-0.2, -0.15) is 0 Å². The largest absolute Gasteiger partial charge is 0.307 e. The lowest BCUT2D eigenvalue weighted by Crippen LogP contribution is -2.36. The van der Waals surface area contributed by atoms with Crippen molar-refractivity contribution in [2.45, 2.75) is 33.2 Å². The summed E-state index contributed by atoms with van der Waals surface area (Å²) in [6, 6.07) is 7.71. The van der Waals surface area contributed by atoms with E-state index >= 15 is 0 Å². The Morgan fingerprint density at radius 1 is 1.33 bits per heavy atom. The fourth-order valence-electron chi connectivity index (χ4n) is 1.71. The number of likely N-dealkylation sites (N-methyl/N-ethyl adjacent to an activating group) is 1. The topological polar surface area (TPSA) is 29.1 Å². The standard InChI is InChI=1S/C13H19NO/c1-4-12(14-5-2)13(15)11-9-7-6-8-10(11)3/h6-9,12,14H,4-5H2,1-3H3. The molecule has 0 aliphatic rings. The van der Waals surface area contributed by atoms with Crippen molar-refractivity contribution in [2.24, 2.45) is 0 Å². The van der Waals surface area contributed by atoms with Crippen LogP contribution < -0.4 is 5.32 Å². The van der Waals surface area contributed by atoms with Gasteiger partial charge in [-0.15, -0.1) is 0 Å². The number of Topliss-reactive ketones (excluding diaryl/α,β-unsaturated/α-hetero) is 1. The number of benzene rings is 1. The van der Waals surface area contributed by atoms with Crippen LogP contribution in [0.3, 0.4) is 0 Å². The summed E-state index contributed by atoms with van der Waals surface area (Å²) in [5.41, 5.74) is 1.89. The molecule has 0 bridgehead atoms. The molecule has 1 aromatic rings. The maximum Gasteiger partial charge on any atom is 0.179 e. The Morgan fingerprint density at radius 2 is 2.00 bits per heavy atom. The SMILES string of the molecule is CCNC(CC)C(=O)c1ccccc1C. The van der Waals surface area contributed by atoms with Crippen LogP contribution in [0.5, 0.6) is 0 Å². The van der Waals surface area contributed by atoms with Crippen LogP contribution in [-0.4, -0.2) is 18.4 Å². The number of ketones is 1. The molecular weight excluding hydrogens is 186 g/mol. The predicted octanol–water partition coefficient (Wildman–Crippen LogP) is 2.57. The summed E-state index contributed by atoms with van der Waals surface area (Å²) in [5.74, 6) is 0.206. The summed E-state index contributed by atoms with van der Waals surface area (Å²) < 4.78 is 0. The fourth-order valence-corrected chi connectivity index (χ4v) is 1.71. The van der Waals surface area contributed by atoms with Gasteiger partial charge in [0.25, 0.3) is 0 Å². The van der Waals surface area contributed by atoms with Gasteiger partial charge in [0.15, 0.2) is 5.78 Å². The first-order chi connectivity index (χ1) is 7.20. The van der Waals surface area contributed by atoms with Gasteiger partial charge in [-0.05, 0) is 25.5 Å². The second-order valence-corrected chi connectivity index (χ2v) is 3.70. The van der Waals surface area contributed by atoms with Crippen LogP contribution >= 0.6 is 0 Å². The van der Waals surface area contributed by atoms with Gasteiger partial charge in [-0.3, -0.25) is 4.79 Å². The Morgan fingerprint density at radius 3 is 2.53 bits per heavy atom. The van der Waals surface area contributed by atoms with Gasteiger partial charge >= 0.3 is 0 Å². The van der Waals surface area contributed by atoms with Gasteiger partial charge in [0.2, 0.25) is 0 Å². The van der Waals surface area contributed by atoms with Crippen molar-refractivity contribution in [3.63, 3.8) is 0 Å². The second kappa shape index (κ2) is 5.66. The number of hydrogen-bond donors (Lipinski definition) is 1. The Kier molecular flexibility index (Phi) is 4.50.